The Morgan fingerprint density at radius 1 is 1.62 bits per heavy atom. The smallest absolute Gasteiger partial charge is 0.170 e. The third kappa shape index (κ3) is 2.42. The van der Waals surface area contributed by atoms with Crippen molar-refractivity contribution in [3.63, 3.8) is 0 Å². The Bertz CT molecular complexity index is 250. The first-order valence-electron chi connectivity index (χ1n) is 4.49. The molecule has 1 N–H and O–H groups in total. The minimum atomic E-state index is 0.713. The van der Waals surface area contributed by atoms with E-state index in [-0.39, 0.29) is 0 Å². The SMILES string of the molecule is CNC1CCC(Sc2ncns2)C1. The van der Waals surface area contributed by atoms with Crippen molar-refractivity contribution in [2.24, 2.45) is 0 Å². The Morgan fingerprint density at radius 3 is 3.15 bits per heavy atom. The highest BCUT2D eigenvalue weighted by Crippen LogP contribution is 2.34. The van der Waals surface area contributed by atoms with Gasteiger partial charge < -0.3 is 5.32 Å². The van der Waals surface area contributed by atoms with E-state index in [0.717, 1.165) is 9.59 Å². The lowest BCUT2D eigenvalue weighted by Crippen LogP contribution is -2.21. The molecule has 1 saturated carbocycles. The van der Waals surface area contributed by atoms with Crippen molar-refractivity contribution in [2.75, 3.05) is 7.05 Å². The van der Waals surface area contributed by atoms with E-state index in [4.69, 9.17) is 0 Å². The zero-order valence-corrected chi connectivity index (χ0v) is 9.20. The number of nitrogens with zero attached hydrogens (tertiary/aromatic N) is 2. The Labute approximate surface area is 86.5 Å². The summed E-state index contributed by atoms with van der Waals surface area (Å²) in [4.78, 5) is 4.18. The van der Waals surface area contributed by atoms with Crippen molar-refractivity contribution < 1.29 is 0 Å². The quantitative estimate of drug-likeness (QED) is 0.834. The van der Waals surface area contributed by atoms with Gasteiger partial charge in [-0.15, -0.1) is 0 Å². The van der Waals surface area contributed by atoms with E-state index in [0.29, 0.717) is 6.04 Å². The van der Waals surface area contributed by atoms with Gasteiger partial charge in [-0.05, 0) is 37.8 Å². The molecule has 1 aliphatic rings. The van der Waals surface area contributed by atoms with Crippen molar-refractivity contribution in [1.82, 2.24) is 14.7 Å². The van der Waals surface area contributed by atoms with Gasteiger partial charge in [0.15, 0.2) is 4.34 Å². The van der Waals surface area contributed by atoms with Crippen molar-refractivity contribution in [3.05, 3.63) is 6.33 Å². The third-order valence-corrected chi connectivity index (χ3v) is 4.44. The van der Waals surface area contributed by atoms with Crippen molar-refractivity contribution in [1.29, 1.82) is 0 Å². The van der Waals surface area contributed by atoms with E-state index in [1.54, 1.807) is 6.33 Å². The highest BCUT2D eigenvalue weighted by molar-refractivity contribution is 8.01. The molecule has 2 unspecified atom stereocenters. The van der Waals surface area contributed by atoms with E-state index < -0.39 is 0 Å². The molecule has 72 valence electrons. The molecule has 0 radical (unpaired) electrons. The van der Waals surface area contributed by atoms with Crippen LogP contribution in [0.3, 0.4) is 0 Å². The van der Waals surface area contributed by atoms with E-state index in [1.807, 2.05) is 18.8 Å². The average molecular weight is 215 g/mol. The van der Waals surface area contributed by atoms with Gasteiger partial charge in [0.2, 0.25) is 0 Å². The summed E-state index contributed by atoms with van der Waals surface area (Å²) in [6, 6.07) is 0.713. The molecule has 0 aromatic carbocycles. The zero-order valence-electron chi connectivity index (χ0n) is 7.56. The lowest BCUT2D eigenvalue weighted by atomic mass is 10.3. The van der Waals surface area contributed by atoms with E-state index in [9.17, 15) is 0 Å². The zero-order chi connectivity index (χ0) is 9.10. The standard InChI is InChI=1S/C8H13N3S2/c1-9-6-2-3-7(4-6)12-8-10-5-11-13-8/h5-7,9H,2-4H2,1H3. The third-order valence-electron chi connectivity index (χ3n) is 2.40. The van der Waals surface area contributed by atoms with E-state index in [1.165, 1.54) is 30.8 Å². The minimum Gasteiger partial charge on any atom is -0.317 e. The number of hydrogen-bond acceptors (Lipinski definition) is 5. The molecule has 2 atom stereocenters. The second-order valence-corrected chi connectivity index (χ2v) is 5.57. The monoisotopic (exact) mass is 215 g/mol. The van der Waals surface area contributed by atoms with Gasteiger partial charge in [-0.2, -0.15) is 4.37 Å². The fraction of sp³-hybridized carbons (Fsp3) is 0.750. The number of aromatic nitrogens is 2. The predicted molar refractivity (Wildman–Crippen MR) is 56.3 cm³/mol. The van der Waals surface area contributed by atoms with Crippen LogP contribution in [0.2, 0.25) is 0 Å². The molecule has 5 heteroatoms. The highest BCUT2D eigenvalue weighted by Gasteiger charge is 2.24. The van der Waals surface area contributed by atoms with Crippen molar-refractivity contribution in [3.8, 4) is 0 Å². The maximum Gasteiger partial charge on any atom is 0.170 e. The summed E-state index contributed by atoms with van der Waals surface area (Å²) in [5.41, 5.74) is 0. The van der Waals surface area contributed by atoms with Crippen molar-refractivity contribution >= 4 is 23.3 Å². The molecule has 0 aliphatic heterocycles. The van der Waals surface area contributed by atoms with E-state index >= 15 is 0 Å². The van der Waals surface area contributed by atoms with Crippen LogP contribution in [0.15, 0.2) is 10.7 Å². The maximum absolute atomic E-state index is 4.18. The number of hydrogen-bond donors (Lipinski definition) is 1. The molecule has 13 heavy (non-hydrogen) atoms. The summed E-state index contributed by atoms with van der Waals surface area (Å²) < 4.78 is 5.11. The van der Waals surface area contributed by atoms with Gasteiger partial charge in [-0.1, -0.05) is 11.8 Å². The summed E-state index contributed by atoms with van der Waals surface area (Å²) in [5, 5.41) is 4.07. The molecule has 0 spiro atoms. The van der Waals surface area contributed by atoms with Crippen LogP contribution < -0.4 is 5.32 Å². The molecule has 0 bridgehead atoms. The number of nitrogens with one attached hydrogen (secondary N) is 1. The lowest BCUT2D eigenvalue weighted by molar-refractivity contribution is 0.583. The van der Waals surface area contributed by atoms with Crippen LogP contribution in [0.25, 0.3) is 0 Å². The van der Waals surface area contributed by atoms with Gasteiger partial charge in [0.1, 0.15) is 6.33 Å². The van der Waals surface area contributed by atoms with Gasteiger partial charge in [-0.3, -0.25) is 0 Å². The second-order valence-electron chi connectivity index (χ2n) is 3.25. The summed E-state index contributed by atoms with van der Waals surface area (Å²) in [6.07, 6.45) is 5.50. The largest absolute Gasteiger partial charge is 0.317 e. The Kier molecular flexibility index (Phi) is 3.18. The maximum atomic E-state index is 4.18. The fourth-order valence-electron chi connectivity index (χ4n) is 1.67. The van der Waals surface area contributed by atoms with Crippen LogP contribution in [0.4, 0.5) is 0 Å². The molecule has 3 nitrogen and oxygen atoms in total. The van der Waals surface area contributed by atoms with Crippen LogP contribution in [0.5, 0.6) is 0 Å². The Balaban J connectivity index is 1.84. The predicted octanol–water partition coefficient (Wildman–Crippen LogP) is 1.77. The van der Waals surface area contributed by atoms with Gasteiger partial charge in [0.25, 0.3) is 0 Å². The molecule has 0 saturated heterocycles. The molecule has 1 fully saturated rings. The number of thioether (sulfide) groups is 1. The van der Waals surface area contributed by atoms with Crippen LogP contribution in [-0.2, 0) is 0 Å². The first-order valence-corrected chi connectivity index (χ1v) is 6.14. The molecule has 1 heterocycles. The van der Waals surface area contributed by atoms with Crippen molar-refractivity contribution in [2.45, 2.75) is 34.9 Å². The van der Waals surface area contributed by atoms with Crippen LogP contribution in [0, 0.1) is 0 Å². The molecular formula is C8H13N3S2. The van der Waals surface area contributed by atoms with Gasteiger partial charge in [0, 0.05) is 11.3 Å². The topological polar surface area (TPSA) is 37.8 Å². The first-order chi connectivity index (χ1) is 6.38. The van der Waals surface area contributed by atoms with Crippen LogP contribution in [0.1, 0.15) is 19.3 Å². The second kappa shape index (κ2) is 4.39. The molecular weight excluding hydrogens is 202 g/mol. The molecule has 2 rings (SSSR count). The Hall–Kier alpha value is -0.130. The molecule has 1 aromatic rings. The van der Waals surface area contributed by atoms with Crippen LogP contribution >= 0.6 is 23.3 Å². The van der Waals surface area contributed by atoms with Gasteiger partial charge >= 0.3 is 0 Å². The van der Waals surface area contributed by atoms with Gasteiger partial charge in [0.05, 0.1) is 0 Å². The van der Waals surface area contributed by atoms with Gasteiger partial charge in [-0.25, -0.2) is 4.98 Å². The first kappa shape index (κ1) is 9.43. The Morgan fingerprint density at radius 2 is 2.54 bits per heavy atom. The average Bonchev–Trinajstić information content (AvgIpc) is 2.76. The highest BCUT2D eigenvalue weighted by atomic mass is 32.2. The molecule has 0 amide bonds. The summed E-state index contributed by atoms with van der Waals surface area (Å²) in [6.45, 7) is 0. The lowest BCUT2D eigenvalue weighted by Gasteiger charge is -2.07. The summed E-state index contributed by atoms with van der Waals surface area (Å²) in [5.74, 6) is 0. The number of rotatable bonds is 3. The van der Waals surface area contributed by atoms with Crippen LogP contribution in [-0.4, -0.2) is 27.7 Å². The molecule has 1 aromatic heterocycles. The normalized spacial score (nSPS) is 28.1. The summed E-state index contributed by atoms with van der Waals surface area (Å²) >= 11 is 3.38. The summed E-state index contributed by atoms with van der Waals surface area (Å²) in [7, 11) is 2.04. The van der Waals surface area contributed by atoms with E-state index in [2.05, 4.69) is 14.7 Å². The molecule has 1 aliphatic carbocycles. The fourth-order valence-corrected chi connectivity index (χ4v) is 3.63. The minimum absolute atomic E-state index is 0.713.